The number of rotatable bonds is 4. The molecule has 5 saturated carbocycles. The number of hydrogen-bond acceptors (Lipinski definition) is 1. The molecule has 0 heterocycles. The number of fused-ring (bicyclic) bond motifs is 2. The molecule has 31 heavy (non-hydrogen) atoms. The second-order valence-corrected chi connectivity index (χ2v) is 14.4. The van der Waals surface area contributed by atoms with E-state index in [-0.39, 0.29) is 11.5 Å². The van der Waals surface area contributed by atoms with Gasteiger partial charge in [0.15, 0.2) is 0 Å². The predicted molar refractivity (Wildman–Crippen MR) is 131 cm³/mol. The first-order valence-corrected chi connectivity index (χ1v) is 13.8. The fraction of sp³-hybridized carbons (Fsp3) is 0.933. The van der Waals surface area contributed by atoms with Gasteiger partial charge in [0.2, 0.25) is 0 Å². The lowest BCUT2D eigenvalue weighted by Gasteiger charge is -2.63. The van der Waals surface area contributed by atoms with E-state index in [1.807, 2.05) is 0 Å². The van der Waals surface area contributed by atoms with Crippen molar-refractivity contribution in [1.29, 1.82) is 0 Å². The van der Waals surface area contributed by atoms with Gasteiger partial charge in [-0.25, -0.2) is 0 Å². The van der Waals surface area contributed by atoms with Crippen LogP contribution in [0.2, 0.25) is 0 Å². The topological polar surface area (TPSA) is 20.2 Å². The van der Waals surface area contributed by atoms with Crippen LogP contribution in [0.25, 0.3) is 0 Å². The van der Waals surface area contributed by atoms with Crippen molar-refractivity contribution in [3.05, 3.63) is 11.6 Å². The first kappa shape index (κ1) is 22.5. The molecule has 176 valence electrons. The van der Waals surface area contributed by atoms with Gasteiger partial charge in [0.05, 0.1) is 6.10 Å². The maximum atomic E-state index is 10.8. The minimum atomic E-state index is -0.0840. The SMILES string of the molecule is CC(C)=CCC[C@@H](C)C1CC[C@@]2(C)C3CC[C@H]4C(C)(C)[C@@H](O)CCC45CC35CC[C@]12C. The van der Waals surface area contributed by atoms with E-state index in [9.17, 15) is 5.11 Å². The molecule has 9 atom stereocenters. The molecule has 5 fully saturated rings. The van der Waals surface area contributed by atoms with E-state index in [0.717, 1.165) is 30.1 Å². The van der Waals surface area contributed by atoms with E-state index in [0.29, 0.717) is 21.7 Å². The van der Waals surface area contributed by atoms with Gasteiger partial charge in [-0.2, -0.15) is 0 Å². The molecule has 0 aromatic heterocycles. The van der Waals surface area contributed by atoms with Crippen LogP contribution in [-0.2, 0) is 0 Å². The summed E-state index contributed by atoms with van der Waals surface area (Å²) in [4.78, 5) is 0. The minimum absolute atomic E-state index is 0.0840. The smallest absolute Gasteiger partial charge is 0.0594 e. The Labute approximate surface area is 192 Å². The summed E-state index contributed by atoms with van der Waals surface area (Å²) in [5.74, 6) is 3.46. The van der Waals surface area contributed by atoms with Gasteiger partial charge < -0.3 is 5.11 Å². The number of aliphatic hydroxyl groups is 1. The maximum Gasteiger partial charge on any atom is 0.0594 e. The van der Waals surface area contributed by atoms with Crippen LogP contribution < -0.4 is 0 Å². The average molecular weight is 427 g/mol. The zero-order chi connectivity index (χ0) is 22.4. The summed E-state index contributed by atoms with van der Waals surface area (Å²) >= 11 is 0. The van der Waals surface area contributed by atoms with Gasteiger partial charge in [-0.1, -0.05) is 46.3 Å². The highest BCUT2D eigenvalue weighted by atomic mass is 16.3. The molecule has 0 aromatic carbocycles. The van der Waals surface area contributed by atoms with Gasteiger partial charge in [0.25, 0.3) is 0 Å². The maximum absolute atomic E-state index is 10.8. The third-order valence-corrected chi connectivity index (χ3v) is 13.0. The highest BCUT2D eigenvalue weighted by molar-refractivity contribution is 5.30. The molecule has 1 nitrogen and oxygen atoms in total. The van der Waals surface area contributed by atoms with Gasteiger partial charge in [-0.15, -0.1) is 0 Å². The van der Waals surface area contributed by atoms with Gasteiger partial charge in [-0.05, 0) is 135 Å². The monoisotopic (exact) mass is 426 g/mol. The molecule has 1 heteroatoms. The normalized spacial score (nSPS) is 52.9. The van der Waals surface area contributed by atoms with Crippen LogP contribution in [0.5, 0.6) is 0 Å². The third-order valence-electron chi connectivity index (χ3n) is 13.0. The number of hydrogen-bond donors (Lipinski definition) is 1. The summed E-state index contributed by atoms with van der Waals surface area (Å²) in [6.07, 6.45) is 17.6. The van der Waals surface area contributed by atoms with E-state index >= 15 is 0 Å². The Hall–Kier alpha value is -0.300. The molecule has 0 aromatic rings. The van der Waals surface area contributed by atoms with Crippen LogP contribution in [0.15, 0.2) is 11.6 Å². The fourth-order valence-electron chi connectivity index (χ4n) is 11.1. The molecule has 0 aliphatic heterocycles. The second kappa shape index (κ2) is 6.86. The van der Waals surface area contributed by atoms with Crippen LogP contribution in [0, 0.1) is 50.7 Å². The molecule has 0 bridgehead atoms. The van der Waals surface area contributed by atoms with Crippen molar-refractivity contribution < 1.29 is 5.11 Å². The summed E-state index contributed by atoms with van der Waals surface area (Å²) in [5.41, 5.74) is 3.87. The van der Waals surface area contributed by atoms with Gasteiger partial charge >= 0.3 is 0 Å². The Morgan fingerprint density at radius 3 is 2.26 bits per heavy atom. The first-order valence-electron chi connectivity index (χ1n) is 13.8. The molecule has 5 aliphatic carbocycles. The van der Waals surface area contributed by atoms with Crippen molar-refractivity contribution in [3.8, 4) is 0 Å². The summed E-state index contributed by atoms with van der Waals surface area (Å²) in [6, 6.07) is 0. The van der Waals surface area contributed by atoms with Crippen molar-refractivity contribution >= 4 is 0 Å². The average Bonchev–Trinajstić information content (AvgIpc) is 3.27. The van der Waals surface area contributed by atoms with Gasteiger partial charge in [0, 0.05) is 0 Å². The van der Waals surface area contributed by atoms with E-state index in [2.05, 4.69) is 54.5 Å². The highest BCUT2D eigenvalue weighted by Crippen LogP contribution is 2.89. The fourth-order valence-corrected chi connectivity index (χ4v) is 11.1. The Kier molecular flexibility index (Phi) is 4.98. The van der Waals surface area contributed by atoms with E-state index in [1.165, 1.54) is 69.8 Å². The zero-order valence-corrected chi connectivity index (χ0v) is 21.7. The van der Waals surface area contributed by atoms with E-state index in [1.54, 1.807) is 0 Å². The molecular formula is C30H50O. The van der Waals surface area contributed by atoms with Crippen LogP contribution in [0.4, 0.5) is 0 Å². The lowest BCUT2D eigenvalue weighted by Crippen LogP contribution is -2.57. The molecule has 4 unspecified atom stereocenters. The largest absolute Gasteiger partial charge is 0.393 e. The van der Waals surface area contributed by atoms with Crippen LogP contribution in [-0.4, -0.2) is 11.2 Å². The minimum Gasteiger partial charge on any atom is -0.393 e. The quantitative estimate of drug-likeness (QED) is 0.449. The third kappa shape index (κ3) is 2.71. The molecular weight excluding hydrogens is 376 g/mol. The first-order chi connectivity index (χ1) is 14.4. The second-order valence-electron chi connectivity index (χ2n) is 14.4. The Balaban J connectivity index is 1.41. The van der Waals surface area contributed by atoms with Crippen LogP contribution in [0.3, 0.4) is 0 Å². The molecule has 5 rings (SSSR count). The molecule has 0 radical (unpaired) electrons. The van der Waals surface area contributed by atoms with Crippen LogP contribution in [0.1, 0.15) is 119 Å². The van der Waals surface area contributed by atoms with Crippen molar-refractivity contribution in [3.63, 3.8) is 0 Å². The highest BCUT2D eigenvalue weighted by Gasteiger charge is 2.82. The van der Waals surface area contributed by atoms with Crippen LogP contribution >= 0.6 is 0 Å². The summed E-state index contributed by atoms with van der Waals surface area (Å²) in [6.45, 7) is 17.3. The molecule has 0 amide bonds. The van der Waals surface area contributed by atoms with Crippen molar-refractivity contribution in [1.82, 2.24) is 0 Å². The molecule has 5 aliphatic rings. The summed E-state index contributed by atoms with van der Waals surface area (Å²) in [5, 5.41) is 10.8. The summed E-state index contributed by atoms with van der Waals surface area (Å²) < 4.78 is 0. The molecule has 2 spiro atoms. The molecule has 0 saturated heterocycles. The van der Waals surface area contributed by atoms with Crippen molar-refractivity contribution in [2.45, 2.75) is 125 Å². The summed E-state index contributed by atoms with van der Waals surface area (Å²) in [7, 11) is 0. The molecule has 1 N–H and O–H groups in total. The van der Waals surface area contributed by atoms with Gasteiger partial charge in [0.1, 0.15) is 0 Å². The van der Waals surface area contributed by atoms with Crippen molar-refractivity contribution in [2.24, 2.45) is 50.7 Å². The Morgan fingerprint density at radius 1 is 0.871 bits per heavy atom. The standard InChI is InChI=1S/C30H50O/c1-20(2)9-8-10-21(3)22-13-15-28(7)24-12-11-23-26(4,5)25(31)14-16-29(23)19-30(24,29)18-17-27(22,28)6/h9,21-25,31H,8,10-19H2,1-7H3/t21-,22?,23+,24?,25+,27-,28+,29?,30?/m1/s1. The predicted octanol–water partition coefficient (Wildman–Crippen LogP) is 8.17. The van der Waals surface area contributed by atoms with Gasteiger partial charge in [-0.3, -0.25) is 0 Å². The number of aliphatic hydroxyl groups excluding tert-OH is 1. The Bertz CT molecular complexity index is 760. The lowest BCUT2D eigenvalue weighted by atomic mass is 9.41. The number of allylic oxidation sites excluding steroid dienone is 2. The van der Waals surface area contributed by atoms with E-state index in [4.69, 9.17) is 0 Å². The van der Waals surface area contributed by atoms with E-state index < -0.39 is 0 Å². The Morgan fingerprint density at radius 2 is 1.55 bits per heavy atom. The zero-order valence-electron chi connectivity index (χ0n) is 21.7. The lowest BCUT2D eigenvalue weighted by molar-refractivity contribution is -0.161. The van der Waals surface area contributed by atoms with Crippen molar-refractivity contribution in [2.75, 3.05) is 0 Å².